The predicted molar refractivity (Wildman–Crippen MR) is 346 cm³/mol. The molecule has 1 aromatic heterocycles. The number of rotatable bonds is 3. The molecule has 0 amide bonds. The van der Waals surface area contributed by atoms with Crippen molar-refractivity contribution in [1.82, 2.24) is 0 Å². The lowest BCUT2D eigenvalue weighted by Gasteiger charge is -2.48. The third kappa shape index (κ3) is 7.87. The molecule has 0 radical (unpaired) electrons. The summed E-state index contributed by atoms with van der Waals surface area (Å²) in [7, 11) is 0. The predicted octanol–water partition coefficient (Wildman–Crippen LogP) is 19.7. The summed E-state index contributed by atoms with van der Waals surface area (Å²) < 4.78 is 1.37. The third-order valence-electron chi connectivity index (χ3n) is 22.2. The lowest BCUT2D eigenvalue weighted by Crippen LogP contribution is -2.61. The molecule has 0 fully saturated rings. The van der Waals surface area contributed by atoms with Gasteiger partial charge in [0.25, 0.3) is 6.71 Å². The smallest absolute Gasteiger partial charge is 0.254 e. The van der Waals surface area contributed by atoms with Crippen LogP contribution in [0.1, 0.15) is 239 Å². The van der Waals surface area contributed by atoms with Crippen molar-refractivity contribution >= 4 is 78.0 Å². The van der Waals surface area contributed by atoms with Crippen molar-refractivity contribution in [3.63, 3.8) is 0 Å². The van der Waals surface area contributed by atoms with Crippen LogP contribution in [0, 0.1) is 6.92 Å². The van der Waals surface area contributed by atoms with E-state index in [0.717, 1.165) is 0 Å². The number of anilines is 6. The van der Waals surface area contributed by atoms with Crippen LogP contribution in [0.3, 0.4) is 0 Å². The molecule has 2 aliphatic heterocycles. The summed E-state index contributed by atoms with van der Waals surface area (Å²) in [4.78, 5) is 5.57. The van der Waals surface area contributed by atoms with Crippen LogP contribution >= 0.6 is 11.3 Å². The molecule has 410 valence electrons. The van der Waals surface area contributed by atoms with Crippen molar-refractivity contribution in [2.45, 2.75) is 239 Å². The number of aryl methyl sites for hydroxylation is 1. The maximum atomic E-state index is 2.79. The molecule has 0 spiro atoms. The molecule has 0 saturated carbocycles. The molecular formula is C75H91BN2S. The van der Waals surface area contributed by atoms with Crippen LogP contribution in [0.25, 0.3) is 21.2 Å². The van der Waals surface area contributed by atoms with Gasteiger partial charge in [-0.2, -0.15) is 0 Å². The standard InChI is InChI=1S/C75H91BN2S/c1-44-35-53-56(73(15,16)32-31-70(53,9)10)41-49(44)45-36-61-65-62(37-45)78(48-23-25-52-55(40-48)72(13,14)30-28-69(52,7)8)66-64(50-38-46(67(2,3)4)21-26-63(50)79-66)76(65)59-42-57-58(75(19,20)34-33-74(57,17)18)43-60(59)77(61)47-22-24-51-54(39-47)71(11,12)29-27-68(51,5)6/h21-26,35-43H,27-34H2,1-20H3. The Balaban J connectivity index is 1.21. The molecule has 4 heteroatoms. The molecule has 13 rings (SSSR count). The Morgan fingerprint density at radius 1 is 0.405 bits per heavy atom. The van der Waals surface area contributed by atoms with Gasteiger partial charge in [0.2, 0.25) is 0 Å². The van der Waals surface area contributed by atoms with Crippen LogP contribution in [0.5, 0.6) is 0 Å². The van der Waals surface area contributed by atoms with E-state index < -0.39 is 0 Å². The Labute approximate surface area is 481 Å². The molecule has 4 aliphatic carbocycles. The van der Waals surface area contributed by atoms with E-state index in [0.29, 0.717) is 0 Å². The Hall–Kier alpha value is -5.06. The monoisotopic (exact) mass is 1060 g/mol. The molecule has 7 aromatic rings. The normalized spacial score (nSPS) is 21.7. The van der Waals surface area contributed by atoms with Crippen molar-refractivity contribution in [3.05, 3.63) is 147 Å². The zero-order valence-electron chi connectivity index (χ0n) is 52.2. The van der Waals surface area contributed by atoms with E-state index in [2.05, 4.69) is 239 Å². The minimum atomic E-state index is -0.00648. The second-order valence-corrected chi connectivity index (χ2v) is 33.5. The average Bonchev–Trinajstić information content (AvgIpc) is 4.03. The first-order chi connectivity index (χ1) is 36.6. The summed E-state index contributed by atoms with van der Waals surface area (Å²) in [6.45, 7) is 49.5. The topological polar surface area (TPSA) is 6.48 Å². The van der Waals surface area contributed by atoms with Gasteiger partial charge in [0.15, 0.2) is 0 Å². The highest BCUT2D eigenvalue weighted by Gasteiger charge is 2.50. The van der Waals surface area contributed by atoms with Gasteiger partial charge in [-0.05, 0) is 244 Å². The fourth-order valence-electron chi connectivity index (χ4n) is 16.2. The number of nitrogens with zero attached hydrogens (tertiary/aromatic N) is 2. The first kappa shape index (κ1) is 53.3. The number of benzene rings is 6. The number of hydrogen-bond acceptors (Lipinski definition) is 3. The number of thiophene rings is 1. The van der Waals surface area contributed by atoms with E-state index in [1.165, 1.54) is 178 Å². The van der Waals surface area contributed by atoms with E-state index in [-0.39, 0.29) is 55.4 Å². The maximum absolute atomic E-state index is 2.79. The van der Waals surface area contributed by atoms with Gasteiger partial charge >= 0.3 is 0 Å². The lowest BCUT2D eigenvalue weighted by molar-refractivity contribution is 0.332. The van der Waals surface area contributed by atoms with Crippen molar-refractivity contribution in [2.75, 3.05) is 9.80 Å². The van der Waals surface area contributed by atoms with Gasteiger partial charge in [-0.15, -0.1) is 11.3 Å². The molecule has 3 heterocycles. The molecule has 0 saturated heterocycles. The van der Waals surface area contributed by atoms with Gasteiger partial charge in [-0.1, -0.05) is 174 Å². The van der Waals surface area contributed by atoms with Gasteiger partial charge in [0, 0.05) is 33.1 Å². The first-order valence-electron chi connectivity index (χ1n) is 30.6. The SMILES string of the molecule is Cc1cc2c(cc1-c1cc3c4c(c1)N(c1ccc5c(c1)C(C)(C)CCC5(C)C)c1sc5ccc(C(C)(C)C)cc5c1B4c1cc4c(cc1N3c1ccc3c(c1)C(C)(C)CCC3(C)C)C(C)(C)CCC4(C)C)C(C)(C)CCC2(C)C. The van der Waals surface area contributed by atoms with E-state index in [1.807, 2.05) is 11.3 Å². The third-order valence-corrected chi connectivity index (χ3v) is 23.4. The highest BCUT2D eigenvalue weighted by atomic mass is 32.1. The molecule has 0 unspecified atom stereocenters. The number of hydrogen-bond donors (Lipinski definition) is 0. The molecule has 0 bridgehead atoms. The molecule has 0 atom stereocenters. The summed E-state index contributed by atoms with van der Waals surface area (Å²) >= 11 is 2.02. The summed E-state index contributed by atoms with van der Waals surface area (Å²) in [5.41, 5.74) is 29.0. The van der Waals surface area contributed by atoms with Crippen molar-refractivity contribution in [1.29, 1.82) is 0 Å². The average molecular weight is 1060 g/mol. The largest absolute Gasteiger partial charge is 0.311 e. The van der Waals surface area contributed by atoms with Gasteiger partial charge < -0.3 is 9.80 Å². The molecule has 6 aliphatic rings. The van der Waals surface area contributed by atoms with Crippen LogP contribution in [0.4, 0.5) is 33.4 Å². The second kappa shape index (κ2) is 16.6. The molecule has 0 N–H and O–H groups in total. The first-order valence-corrected chi connectivity index (χ1v) is 31.4. The van der Waals surface area contributed by atoms with Crippen LogP contribution in [-0.4, -0.2) is 6.71 Å². The quantitative estimate of drug-likeness (QED) is 0.163. The van der Waals surface area contributed by atoms with Gasteiger partial charge in [-0.25, -0.2) is 0 Å². The second-order valence-electron chi connectivity index (χ2n) is 32.5. The number of fused-ring (bicyclic) bond motifs is 10. The Morgan fingerprint density at radius 3 is 1.32 bits per heavy atom. The van der Waals surface area contributed by atoms with Crippen LogP contribution in [-0.2, 0) is 48.7 Å². The Bertz CT molecular complexity index is 3760. The van der Waals surface area contributed by atoms with Crippen molar-refractivity contribution in [3.8, 4) is 11.1 Å². The van der Waals surface area contributed by atoms with Crippen molar-refractivity contribution in [2.24, 2.45) is 0 Å². The minimum Gasteiger partial charge on any atom is -0.311 e. The maximum Gasteiger partial charge on any atom is 0.254 e. The Morgan fingerprint density at radius 2 is 0.823 bits per heavy atom. The fourth-order valence-corrected chi connectivity index (χ4v) is 17.5. The van der Waals surface area contributed by atoms with E-state index in [9.17, 15) is 0 Å². The van der Waals surface area contributed by atoms with E-state index in [4.69, 9.17) is 0 Å². The van der Waals surface area contributed by atoms with Crippen molar-refractivity contribution < 1.29 is 0 Å². The summed E-state index contributed by atoms with van der Waals surface area (Å²) in [5.74, 6) is 0. The van der Waals surface area contributed by atoms with Gasteiger partial charge in [-0.3, -0.25) is 0 Å². The van der Waals surface area contributed by atoms with E-state index in [1.54, 1.807) is 0 Å². The Kier molecular flexibility index (Phi) is 11.2. The summed E-state index contributed by atoms with van der Waals surface area (Å²) in [5, 5.41) is 2.78. The van der Waals surface area contributed by atoms with Gasteiger partial charge in [0.1, 0.15) is 0 Å². The molecular weight excluding hydrogens is 972 g/mol. The zero-order chi connectivity index (χ0) is 56.5. The lowest BCUT2D eigenvalue weighted by atomic mass is 9.33. The van der Waals surface area contributed by atoms with Crippen LogP contribution in [0.2, 0.25) is 0 Å². The summed E-state index contributed by atoms with van der Waals surface area (Å²) in [6.07, 6.45) is 9.48. The summed E-state index contributed by atoms with van der Waals surface area (Å²) in [6, 6.07) is 38.9. The van der Waals surface area contributed by atoms with Crippen LogP contribution in [0.15, 0.2) is 91.0 Å². The molecule has 2 nitrogen and oxygen atoms in total. The highest BCUT2D eigenvalue weighted by Crippen LogP contribution is 2.57. The van der Waals surface area contributed by atoms with Crippen LogP contribution < -0.4 is 26.2 Å². The van der Waals surface area contributed by atoms with Gasteiger partial charge in [0.05, 0.1) is 5.00 Å². The fraction of sp³-hybridized carbons (Fsp3) is 0.493. The minimum absolute atomic E-state index is 0.00648. The highest BCUT2D eigenvalue weighted by molar-refractivity contribution is 7.26. The zero-order valence-corrected chi connectivity index (χ0v) is 53.0. The van der Waals surface area contributed by atoms with E-state index >= 15 is 0 Å². The molecule has 6 aromatic carbocycles. The molecule has 79 heavy (non-hydrogen) atoms.